The van der Waals surface area contributed by atoms with Crippen LogP contribution in [0.3, 0.4) is 0 Å². The van der Waals surface area contributed by atoms with E-state index >= 15 is 0 Å². The maximum absolute atomic E-state index is 12.2. The molecule has 3 rings (SSSR count). The van der Waals surface area contributed by atoms with Crippen LogP contribution in [-0.2, 0) is 20.4 Å². The summed E-state index contributed by atoms with van der Waals surface area (Å²) in [6.07, 6.45) is 4.55. The van der Waals surface area contributed by atoms with Crippen molar-refractivity contribution in [3.05, 3.63) is 29.5 Å². The van der Waals surface area contributed by atoms with Gasteiger partial charge in [-0.2, -0.15) is 0 Å². The number of carbonyl (C=O) groups is 1. The molecule has 0 atom stereocenters. The Morgan fingerprint density at radius 3 is 2.78 bits per heavy atom. The molecule has 0 bridgehead atoms. The molecule has 1 amide bonds. The Morgan fingerprint density at radius 1 is 1.30 bits per heavy atom. The van der Waals surface area contributed by atoms with E-state index in [1.807, 2.05) is 0 Å². The molecule has 124 valence electrons. The van der Waals surface area contributed by atoms with Gasteiger partial charge < -0.3 is 9.32 Å². The van der Waals surface area contributed by atoms with Gasteiger partial charge in [0.1, 0.15) is 5.75 Å². The van der Waals surface area contributed by atoms with E-state index < -0.39 is 15.6 Å². The molecule has 0 aliphatic carbocycles. The second-order valence-corrected chi connectivity index (χ2v) is 8.52. The Labute approximate surface area is 139 Å². The molecule has 6 nitrogen and oxygen atoms in total. The summed E-state index contributed by atoms with van der Waals surface area (Å²) in [5.41, 5.74) is 0.452. The highest BCUT2D eigenvalue weighted by molar-refractivity contribution is 7.91. The van der Waals surface area contributed by atoms with Crippen LogP contribution >= 0.6 is 11.3 Å². The van der Waals surface area contributed by atoms with Crippen LogP contribution in [0.1, 0.15) is 25.0 Å². The van der Waals surface area contributed by atoms with Gasteiger partial charge in [0.05, 0.1) is 17.7 Å². The van der Waals surface area contributed by atoms with E-state index in [2.05, 4.69) is 4.98 Å². The highest BCUT2D eigenvalue weighted by Crippen LogP contribution is 2.24. The van der Waals surface area contributed by atoms with Crippen LogP contribution in [0.5, 0.6) is 0 Å². The quantitative estimate of drug-likeness (QED) is 0.823. The number of nitrogens with zero attached hydrogens (tertiary/aromatic N) is 2. The summed E-state index contributed by atoms with van der Waals surface area (Å²) < 4.78 is 29.7. The zero-order valence-corrected chi connectivity index (χ0v) is 14.2. The highest BCUT2D eigenvalue weighted by Gasteiger charge is 2.24. The number of hydrogen-bond donors (Lipinski definition) is 0. The van der Waals surface area contributed by atoms with Crippen molar-refractivity contribution in [1.82, 2.24) is 9.88 Å². The number of thiazole rings is 1. The molecule has 0 spiro atoms. The number of hydrogen-bond acceptors (Lipinski definition) is 6. The molecule has 23 heavy (non-hydrogen) atoms. The minimum Gasteiger partial charge on any atom is -0.462 e. The van der Waals surface area contributed by atoms with Crippen LogP contribution in [0.2, 0.25) is 0 Å². The van der Waals surface area contributed by atoms with Crippen LogP contribution in [0.15, 0.2) is 28.2 Å². The van der Waals surface area contributed by atoms with Gasteiger partial charge >= 0.3 is 0 Å². The fourth-order valence-corrected chi connectivity index (χ4v) is 4.74. The Bertz CT molecular complexity index is 759. The molecule has 0 radical (unpaired) electrons. The second kappa shape index (κ2) is 6.84. The Kier molecular flexibility index (Phi) is 4.82. The van der Waals surface area contributed by atoms with E-state index in [0.29, 0.717) is 29.6 Å². The molecule has 0 saturated carbocycles. The molecular weight excluding hydrogens is 336 g/mol. The average molecular weight is 354 g/mol. The van der Waals surface area contributed by atoms with Crippen LogP contribution < -0.4 is 0 Å². The molecule has 1 saturated heterocycles. The van der Waals surface area contributed by atoms with Gasteiger partial charge in [0.2, 0.25) is 5.91 Å². The number of likely N-dealkylation sites (tertiary alicyclic amines) is 1. The standard InChI is InChI=1S/C15H18N2O4S2/c18-14(17-6-2-1-3-7-17)11-23(19,20)10-12-9-22-15(16-12)13-5-4-8-21-13/h4-5,8-9H,1-3,6-7,10-11H2. The van der Waals surface area contributed by atoms with Crippen molar-refractivity contribution in [1.29, 1.82) is 0 Å². The molecular formula is C15H18N2O4S2. The third-order valence-electron chi connectivity index (χ3n) is 3.70. The number of furan rings is 1. The predicted molar refractivity (Wildman–Crippen MR) is 87.7 cm³/mol. The molecule has 0 unspecified atom stereocenters. The maximum atomic E-state index is 12.2. The van der Waals surface area contributed by atoms with Gasteiger partial charge in [-0.05, 0) is 31.4 Å². The summed E-state index contributed by atoms with van der Waals surface area (Å²) in [7, 11) is -3.52. The third-order valence-corrected chi connectivity index (χ3v) is 6.03. The molecule has 1 aliphatic heterocycles. The number of sulfone groups is 1. The number of aromatic nitrogens is 1. The molecule has 8 heteroatoms. The predicted octanol–water partition coefficient (Wildman–Crippen LogP) is 2.33. The summed E-state index contributed by atoms with van der Waals surface area (Å²) in [6, 6.07) is 3.53. The molecule has 3 heterocycles. The van der Waals surface area contributed by atoms with Crippen molar-refractivity contribution in [2.24, 2.45) is 0 Å². The first-order valence-corrected chi connectivity index (χ1v) is 10.2. The summed E-state index contributed by atoms with van der Waals surface area (Å²) >= 11 is 1.33. The number of carbonyl (C=O) groups excluding carboxylic acids is 1. The normalized spacial score (nSPS) is 15.7. The summed E-state index contributed by atoms with van der Waals surface area (Å²) in [6.45, 7) is 1.32. The fourth-order valence-electron chi connectivity index (χ4n) is 2.59. The van der Waals surface area contributed by atoms with Gasteiger partial charge in [0.25, 0.3) is 0 Å². The third kappa shape index (κ3) is 4.20. The zero-order valence-electron chi connectivity index (χ0n) is 12.6. The Morgan fingerprint density at radius 2 is 2.09 bits per heavy atom. The lowest BCUT2D eigenvalue weighted by Crippen LogP contribution is -2.39. The molecule has 1 aliphatic rings. The highest BCUT2D eigenvalue weighted by atomic mass is 32.2. The monoisotopic (exact) mass is 354 g/mol. The van der Waals surface area contributed by atoms with Crippen molar-refractivity contribution in [2.75, 3.05) is 18.8 Å². The van der Waals surface area contributed by atoms with Gasteiger partial charge in [-0.3, -0.25) is 4.79 Å². The van der Waals surface area contributed by atoms with E-state index in [9.17, 15) is 13.2 Å². The van der Waals surface area contributed by atoms with Crippen molar-refractivity contribution >= 4 is 27.1 Å². The molecule has 0 aromatic carbocycles. The molecule has 1 fully saturated rings. The summed E-state index contributed by atoms with van der Waals surface area (Å²) in [4.78, 5) is 18.0. The molecule has 2 aromatic heterocycles. The number of piperidine rings is 1. The maximum Gasteiger partial charge on any atom is 0.237 e. The first-order valence-electron chi connectivity index (χ1n) is 7.50. The van der Waals surface area contributed by atoms with E-state index in [1.165, 1.54) is 11.3 Å². The minimum absolute atomic E-state index is 0.218. The van der Waals surface area contributed by atoms with Crippen molar-refractivity contribution < 1.29 is 17.6 Å². The topological polar surface area (TPSA) is 80.5 Å². The van der Waals surface area contributed by atoms with Gasteiger partial charge in [-0.25, -0.2) is 13.4 Å². The lowest BCUT2D eigenvalue weighted by molar-refractivity contribution is -0.129. The fraction of sp³-hybridized carbons (Fsp3) is 0.467. The van der Waals surface area contributed by atoms with Gasteiger partial charge in [0.15, 0.2) is 20.6 Å². The van der Waals surface area contributed by atoms with E-state index in [0.717, 1.165) is 19.3 Å². The smallest absolute Gasteiger partial charge is 0.237 e. The van der Waals surface area contributed by atoms with Crippen molar-refractivity contribution in [2.45, 2.75) is 25.0 Å². The van der Waals surface area contributed by atoms with Crippen LogP contribution in [0.25, 0.3) is 10.8 Å². The van der Waals surface area contributed by atoms with Crippen molar-refractivity contribution in [3.63, 3.8) is 0 Å². The lowest BCUT2D eigenvalue weighted by Gasteiger charge is -2.26. The largest absolute Gasteiger partial charge is 0.462 e. The van der Waals surface area contributed by atoms with Gasteiger partial charge in [-0.1, -0.05) is 0 Å². The zero-order chi connectivity index (χ0) is 16.3. The number of amides is 1. The van der Waals surface area contributed by atoms with Crippen LogP contribution in [0.4, 0.5) is 0 Å². The first-order chi connectivity index (χ1) is 11.0. The summed E-state index contributed by atoms with van der Waals surface area (Å²) in [5.74, 6) is -0.348. The van der Waals surface area contributed by atoms with E-state index in [1.54, 1.807) is 28.7 Å². The average Bonchev–Trinajstić information content (AvgIpc) is 3.18. The van der Waals surface area contributed by atoms with E-state index in [4.69, 9.17) is 4.42 Å². The summed E-state index contributed by atoms with van der Waals surface area (Å²) in [5, 5.41) is 2.34. The first kappa shape index (κ1) is 16.2. The van der Waals surface area contributed by atoms with Crippen LogP contribution in [0, 0.1) is 0 Å². The Hall–Kier alpha value is -1.67. The second-order valence-electron chi connectivity index (χ2n) is 5.59. The molecule has 2 aromatic rings. The van der Waals surface area contributed by atoms with E-state index in [-0.39, 0.29) is 11.7 Å². The SMILES string of the molecule is O=C(CS(=O)(=O)Cc1csc(-c2ccco2)n1)N1CCCCC1. The van der Waals surface area contributed by atoms with Gasteiger partial charge in [0, 0.05) is 18.5 Å². The van der Waals surface area contributed by atoms with Crippen LogP contribution in [-0.4, -0.2) is 43.1 Å². The minimum atomic E-state index is -3.52. The number of rotatable bonds is 5. The lowest BCUT2D eigenvalue weighted by atomic mass is 10.1. The molecule has 0 N–H and O–H groups in total. The van der Waals surface area contributed by atoms with Crippen molar-refractivity contribution in [3.8, 4) is 10.8 Å². The van der Waals surface area contributed by atoms with Gasteiger partial charge in [-0.15, -0.1) is 11.3 Å². The Balaban J connectivity index is 1.63.